The maximum Gasteiger partial charge on any atom is 0.488 e. The van der Waals surface area contributed by atoms with E-state index in [-0.39, 0.29) is 10.4 Å². The summed E-state index contributed by atoms with van der Waals surface area (Å²) in [6.07, 6.45) is 1.52. The molecule has 1 unspecified atom stereocenters. The van der Waals surface area contributed by atoms with Gasteiger partial charge in [-0.1, -0.05) is 12.1 Å². The molecule has 1 atom stereocenters. The maximum absolute atomic E-state index is 12.3. The Morgan fingerprint density at radius 2 is 1.89 bits per heavy atom. The Bertz CT molecular complexity index is 494. The zero-order valence-electron chi connectivity index (χ0n) is 9.91. The molecule has 0 radical (unpaired) electrons. The van der Waals surface area contributed by atoms with Crippen LogP contribution in [-0.4, -0.2) is 43.9 Å². The lowest BCUT2D eigenvalue weighted by molar-refractivity contribution is 0.425. The van der Waals surface area contributed by atoms with E-state index >= 15 is 0 Å². The Morgan fingerprint density at radius 3 is 2.39 bits per heavy atom. The fraction of sp³-hybridized carbons (Fsp3) is 0.455. The lowest BCUT2D eigenvalue weighted by Gasteiger charge is -2.22. The number of hydrogen-bond acceptors (Lipinski definition) is 5. The topological polar surface area (TPSA) is 86.6 Å². The van der Waals surface area contributed by atoms with Crippen LogP contribution in [0.5, 0.6) is 0 Å². The van der Waals surface area contributed by atoms with Crippen molar-refractivity contribution in [2.75, 3.05) is 13.1 Å². The molecule has 3 N–H and O–H groups in total. The van der Waals surface area contributed by atoms with Gasteiger partial charge in [0.1, 0.15) is 0 Å². The van der Waals surface area contributed by atoms with Gasteiger partial charge in [-0.3, -0.25) is 0 Å². The van der Waals surface area contributed by atoms with E-state index in [1.807, 2.05) is 0 Å². The first-order valence-electron chi connectivity index (χ1n) is 5.92. The third-order valence-electron chi connectivity index (χ3n) is 3.20. The van der Waals surface area contributed by atoms with Crippen LogP contribution >= 0.6 is 0 Å². The van der Waals surface area contributed by atoms with Gasteiger partial charge in [0.2, 0.25) is 0 Å². The van der Waals surface area contributed by atoms with Crippen LogP contribution in [0.2, 0.25) is 0 Å². The first-order chi connectivity index (χ1) is 8.51. The summed E-state index contributed by atoms with van der Waals surface area (Å²) in [6, 6.07) is 5.71. The molecule has 2 rings (SSSR count). The van der Waals surface area contributed by atoms with Crippen molar-refractivity contribution in [2.45, 2.75) is 23.0 Å². The maximum atomic E-state index is 12.3. The molecular weight excluding hydrogens is 253 g/mol. The lowest BCUT2D eigenvalue weighted by Crippen LogP contribution is -2.39. The predicted molar refractivity (Wildman–Crippen MR) is 69.3 cm³/mol. The number of rotatable bonds is 3. The Hall–Kier alpha value is -0.885. The van der Waals surface area contributed by atoms with Gasteiger partial charge in [0.25, 0.3) is 0 Å². The standard InChI is InChI=1S/C11H16BNO4S/c14-12(15)9-3-5-10(6-4-9)18(16,17)11-2-1-7-13-8-11/h3-6,11,13-15H,1-2,7-8H2. The third kappa shape index (κ3) is 2.75. The van der Waals surface area contributed by atoms with Crippen molar-refractivity contribution in [2.24, 2.45) is 0 Å². The molecule has 1 fully saturated rings. The molecular formula is C11H16BNO4S. The number of benzene rings is 1. The van der Waals surface area contributed by atoms with Crippen molar-refractivity contribution in [1.29, 1.82) is 0 Å². The second kappa shape index (κ2) is 5.40. The minimum Gasteiger partial charge on any atom is -0.423 e. The van der Waals surface area contributed by atoms with Gasteiger partial charge in [0, 0.05) is 6.54 Å². The molecule has 7 heteroatoms. The summed E-state index contributed by atoms with van der Waals surface area (Å²) in [5.41, 5.74) is 0.288. The van der Waals surface area contributed by atoms with E-state index in [2.05, 4.69) is 5.32 Å². The summed E-state index contributed by atoms with van der Waals surface area (Å²) in [7, 11) is -4.90. The summed E-state index contributed by atoms with van der Waals surface area (Å²) >= 11 is 0. The number of piperidine rings is 1. The summed E-state index contributed by atoms with van der Waals surface area (Å²) < 4.78 is 24.6. The Balaban J connectivity index is 2.23. The molecule has 1 aliphatic rings. The quantitative estimate of drug-likeness (QED) is 0.606. The fourth-order valence-corrected chi connectivity index (χ4v) is 3.82. The summed E-state index contributed by atoms with van der Waals surface area (Å²) in [6.45, 7) is 1.34. The Labute approximate surface area is 107 Å². The summed E-state index contributed by atoms with van der Waals surface area (Å²) in [5.74, 6) is 0. The molecule has 0 bridgehead atoms. The molecule has 0 spiro atoms. The molecule has 1 aliphatic heterocycles. The monoisotopic (exact) mass is 269 g/mol. The van der Waals surface area contributed by atoms with Crippen molar-refractivity contribution < 1.29 is 18.5 Å². The zero-order chi connectivity index (χ0) is 13.2. The number of nitrogens with one attached hydrogen (secondary N) is 1. The van der Waals surface area contributed by atoms with Gasteiger partial charge < -0.3 is 15.4 Å². The normalized spacial score (nSPS) is 20.7. The van der Waals surface area contributed by atoms with Crippen molar-refractivity contribution in [3.05, 3.63) is 24.3 Å². The van der Waals surface area contributed by atoms with Gasteiger partial charge in [-0.15, -0.1) is 0 Å². The van der Waals surface area contributed by atoms with Crippen LogP contribution < -0.4 is 10.8 Å². The van der Waals surface area contributed by atoms with Gasteiger partial charge in [0.15, 0.2) is 9.84 Å². The molecule has 1 saturated heterocycles. The van der Waals surface area contributed by atoms with E-state index in [4.69, 9.17) is 10.0 Å². The second-order valence-electron chi connectivity index (χ2n) is 4.46. The molecule has 98 valence electrons. The van der Waals surface area contributed by atoms with E-state index in [1.54, 1.807) is 0 Å². The average Bonchev–Trinajstić information content (AvgIpc) is 2.40. The minimum atomic E-state index is -3.33. The SMILES string of the molecule is O=S(=O)(c1ccc(B(O)O)cc1)C1CCCNC1. The zero-order valence-corrected chi connectivity index (χ0v) is 10.7. The van der Waals surface area contributed by atoms with Crippen molar-refractivity contribution in [1.82, 2.24) is 5.32 Å². The van der Waals surface area contributed by atoms with Crippen molar-refractivity contribution in [3.8, 4) is 0 Å². The summed E-state index contributed by atoms with van der Waals surface area (Å²) in [5, 5.41) is 20.6. The van der Waals surface area contributed by atoms with Gasteiger partial charge >= 0.3 is 7.12 Å². The Morgan fingerprint density at radius 1 is 1.22 bits per heavy atom. The van der Waals surface area contributed by atoms with Crippen LogP contribution in [0, 0.1) is 0 Å². The molecule has 1 aromatic carbocycles. The largest absolute Gasteiger partial charge is 0.488 e. The highest BCUT2D eigenvalue weighted by atomic mass is 32.2. The highest BCUT2D eigenvalue weighted by Crippen LogP contribution is 2.20. The molecule has 0 amide bonds. The molecule has 1 aromatic rings. The third-order valence-corrected chi connectivity index (χ3v) is 5.41. The first-order valence-corrected chi connectivity index (χ1v) is 7.47. The molecule has 0 aromatic heterocycles. The van der Waals surface area contributed by atoms with Gasteiger partial charge in [0.05, 0.1) is 10.1 Å². The van der Waals surface area contributed by atoms with E-state index in [0.717, 1.165) is 13.0 Å². The highest BCUT2D eigenvalue weighted by Gasteiger charge is 2.28. The van der Waals surface area contributed by atoms with E-state index < -0.39 is 22.2 Å². The fourth-order valence-electron chi connectivity index (χ4n) is 2.11. The molecule has 5 nitrogen and oxygen atoms in total. The lowest BCUT2D eigenvalue weighted by atomic mass is 9.81. The van der Waals surface area contributed by atoms with Crippen LogP contribution in [0.1, 0.15) is 12.8 Å². The number of sulfone groups is 1. The average molecular weight is 269 g/mol. The van der Waals surface area contributed by atoms with Crippen LogP contribution in [0.3, 0.4) is 0 Å². The van der Waals surface area contributed by atoms with Gasteiger partial charge in [-0.2, -0.15) is 0 Å². The van der Waals surface area contributed by atoms with Crippen molar-refractivity contribution in [3.63, 3.8) is 0 Å². The van der Waals surface area contributed by atoms with Crippen LogP contribution in [-0.2, 0) is 9.84 Å². The number of hydrogen-bond donors (Lipinski definition) is 3. The minimum absolute atomic E-state index is 0.237. The van der Waals surface area contributed by atoms with Gasteiger partial charge in [-0.05, 0) is 37.0 Å². The van der Waals surface area contributed by atoms with E-state index in [1.165, 1.54) is 24.3 Å². The predicted octanol–water partition coefficient (Wildman–Crippen LogP) is -1.11. The van der Waals surface area contributed by atoms with Crippen LogP contribution in [0.25, 0.3) is 0 Å². The molecule has 18 heavy (non-hydrogen) atoms. The molecule has 1 heterocycles. The smallest absolute Gasteiger partial charge is 0.423 e. The molecule has 0 saturated carbocycles. The van der Waals surface area contributed by atoms with Crippen LogP contribution in [0.4, 0.5) is 0 Å². The molecule has 0 aliphatic carbocycles. The van der Waals surface area contributed by atoms with Crippen LogP contribution in [0.15, 0.2) is 29.2 Å². The van der Waals surface area contributed by atoms with Crippen molar-refractivity contribution >= 4 is 22.4 Å². The summed E-state index contributed by atoms with van der Waals surface area (Å²) in [4.78, 5) is 0.237. The highest BCUT2D eigenvalue weighted by molar-refractivity contribution is 7.92. The van der Waals surface area contributed by atoms with E-state index in [9.17, 15) is 8.42 Å². The second-order valence-corrected chi connectivity index (χ2v) is 6.68. The van der Waals surface area contributed by atoms with E-state index in [0.29, 0.717) is 13.0 Å². The first kappa shape index (κ1) is 13.5. The Kier molecular flexibility index (Phi) is 4.06. The van der Waals surface area contributed by atoms with Gasteiger partial charge in [-0.25, -0.2) is 8.42 Å².